The molecule has 0 aliphatic carbocycles. The van der Waals surface area contributed by atoms with Crippen LogP contribution in [0.25, 0.3) is 0 Å². The molecule has 0 saturated heterocycles. The molecule has 0 spiro atoms. The third kappa shape index (κ3) is 5.66. The molecule has 0 fully saturated rings. The van der Waals surface area contributed by atoms with E-state index in [0.29, 0.717) is 35.3 Å². The third-order valence-corrected chi connectivity index (χ3v) is 4.06. The molecule has 160 valence electrons. The van der Waals surface area contributed by atoms with Gasteiger partial charge in [0.05, 0.1) is 26.9 Å². The topological polar surface area (TPSA) is 92.3 Å². The van der Waals surface area contributed by atoms with Crippen molar-refractivity contribution in [2.45, 2.75) is 13.0 Å². The highest BCUT2D eigenvalue weighted by atomic mass is 16.5. The van der Waals surface area contributed by atoms with Crippen molar-refractivity contribution in [1.82, 2.24) is 0 Å². The zero-order valence-corrected chi connectivity index (χ0v) is 17.4. The van der Waals surface area contributed by atoms with Crippen molar-refractivity contribution in [3.63, 3.8) is 0 Å². The van der Waals surface area contributed by atoms with Crippen LogP contribution in [-0.2, 0) is 9.53 Å². The first-order chi connectivity index (χ1) is 14.4. The summed E-state index contributed by atoms with van der Waals surface area (Å²) in [5.41, 5.74) is 0.703. The van der Waals surface area contributed by atoms with Crippen LogP contribution in [0.4, 0.5) is 5.69 Å². The Kier molecular flexibility index (Phi) is 8.10. The van der Waals surface area contributed by atoms with E-state index in [1.54, 1.807) is 30.3 Å². The van der Waals surface area contributed by atoms with E-state index in [4.69, 9.17) is 23.7 Å². The molecule has 0 radical (unpaired) electrons. The van der Waals surface area contributed by atoms with Gasteiger partial charge in [0.1, 0.15) is 6.61 Å². The van der Waals surface area contributed by atoms with Gasteiger partial charge in [-0.1, -0.05) is 12.7 Å². The molecule has 1 N–H and O–H groups in total. The number of anilines is 1. The second-order valence-electron chi connectivity index (χ2n) is 6.07. The molecule has 2 aromatic carbocycles. The number of carbonyl (C=O) groups is 2. The van der Waals surface area contributed by atoms with Crippen LogP contribution in [0.2, 0.25) is 0 Å². The fraction of sp³-hybridized carbons (Fsp3) is 0.273. The van der Waals surface area contributed by atoms with E-state index in [1.807, 2.05) is 0 Å². The summed E-state index contributed by atoms with van der Waals surface area (Å²) in [5, 5.41) is 2.67. The van der Waals surface area contributed by atoms with Crippen LogP contribution in [0.1, 0.15) is 17.3 Å². The Balaban J connectivity index is 2.04. The Morgan fingerprint density at radius 2 is 1.60 bits per heavy atom. The highest BCUT2D eigenvalue weighted by Crippen LogP contribution is 2.30. The average molecular weight is 415 g/mol. The van der Waals surface area contributed by atoms with Gasteiger partial charge in [0.25, 0.3) is 5.91 Å². The number of benzene rings is 2. The fourth-order valence-electron chi connectivity index (χ4n) is 2.50. The van der Waals surface area contributed by atoms with Crippen LogP contribution in [0.15, 0.2) is 49.1 Å². The Morgan fingerprint density at radius 3 is 2.23 bits per heavy atom. The molecule has 1 amide bonds. The van der Waals surface area contributed by atoms with E-state index in [2.05, 4.69) is 11.9 Å². The van der Waals surface area contributed by atoms with Crippen molar-refractivity contribution in [2.75, 3.05) is 33.3 Å². The molecule has 0 saturated carbocycles. The highest BCUT2D eigenvalue weighted by Gasteiger charge is 2.21. The molecule has 30 heavy (non-hydrogen) atoms. The lowest BCUT2D eigenvalue weighted by Crippen LogP contribution is -2.30. The van der Waals surface area contributed by atoms with Gasteiger partial charge in [-0.3, -0.25) is 4.79 Å². The van der Waals surface area contributed by atoms with Crippen molar-refractivity contribution >= 4 is 17.6 Å². The lowest BCUT2D eigenvalue weighted by Gasteiger charge is -2.15. The third-order valence-electron chi connectivity index (χ3n) is 4.06. The second kappa shape index (κ2) is 10.8. The highest BCUT2D eigenvalue weighted by molar-refractivity contribution is 5.97. The summed E-state index contributed by atoms with van der Waals surface area (Å²) >= 11 is 0. The van der Waals surface area contributed by atoms with Crippen LogP contribution in [0, 0.1) is 0 Å². The van der Waals surface area contributed by atoms with Gasteiger partial charge >= 0.3 is 5.97 Å². The van der Waals surface area contributed by atoms with E-state index in [1.165, 1.54) is 40.4 Å². The smallest absolute Gasteiger partial charge is 0.339 e. The maximum absolute atomic E-state index is 12.4. The van der Waals surface area contributed by atoms with Gasteiger partial charge in [0.15, 0.2) is 29.1 Å². The molecule has 8 heteroatoms. The molecule has 1 unspecified atom stereocenters. The molecular formula is C22H25NO7. The summed E-state index contributed by atoms with van der Waals surface area (Å²) in [4.78, 5) is 24.9. The molecule has 0 heterocycles. The first-order valence-electron chi connectivity index (χ1n) is 9.09. The number of amides is 1. The van der Waals surface area contributed by atoms with Crippen LogP contribution in [0.5, 0.6) is 23.0 Å². The summed E-state index contributed by atoms with van der Waals surface area (Å²) in [6.45, 7) is 5.36. The van der Waals surface area contributed by atoms with Gasteiger partial charge in [-0.25, -0.2) is 4.79 Å². The normalized spacial score (nSPS) is 11.1. The van der Waals surface area contributed by atoms with Crippen molar-refractivity contribution in [2.24, 2.45) is 0 Å². The summed E-state index contributed by atoms with van der Waals surface area (Å²) in [7, 11) is 4.48. The minimum atomic E-state index is -1.03. The van der Waals surface area contributed by atoms with E-state index in [0.717, 1.165) is 0 Å². The Morgan fingerprint density at radius 1 is 0.967 bits per heavy atom. The Bertz CT molecular complexity index is 910. The maximum atomic E-state index is 12.4. The SMILES string of the molecule is C=CCOc1ccc(C(=O)OC(C)C(=O)Nc2ccc(OC)c(OC)c2)cc1OC. The van der Waals surface area contributed by atoms with Crippen LogP contribution < -0.4 is 24.3 Å². The van der Waals surface area contributed by atoms with Crippen LogP contribution in [-0.4, -0.2) is 45.9 Å². The molecule has 0 aromatic heterocycles. The Labute approximate surface area is 175 Å². The molecule has 8 nitrogen and oxygen atoms in total. The summed E-state index contributed by atoms with van der Waals surface area (Å²) in [5.74, 6) is 0.671. The number of methoxy groups -OCH3 is 3. The predicted octanol–water partition coefficient (Wildman–Crippen LogP) is 3.46. The first kappa shape index (κ1) is 22.6. The quantitative estimate of drug-likeness (QED) is 0.469. The van der Waals surface area contributed by atoms with Crippen LogP contribution in [0.3, 0.4) is 0 Å². The van der Waals surface area contributed by atoms with Gasteiger partial charge in [-0.15, -0.1) is 0 Å². The number of hydrogen-bond acceptors (Lipinski definition) is 7. The van der Waals surface area contributed by atoms with Crippen molar-refractivity contribution in [3.05, 3.63) is 54.6 Å². The monoisotopic (exact) mass is 415 g/mol. The molecule has 0 aliphatic heterocycles. The standard InChI is InChI=1S/C22H25NO7/c1-6-11-29-18-9-7-15(12-19(18)27-4)22(25)30-14(2)21(24)23-16-8-10-17(26-3)20(13-16)28-5/h6-10,12-14H,1,11H2,2-5H3,(H,23,24). The number of ether oxygens (including phenoxy) is 5. The Hall–Kier alpha value is -3.68. The summed E-state index contributed by atoms with van der Waals surface area (Å²) < 4.78 is 26.3. The van der Waals surface area contributed by atoms with Gasteiger partial charge < -0.3 is 29.0 Å². The van der Waals surface area contributed by atoms with E-state index < -0.39 is 18.0 Å². The van der Waals surface area contributed by atoms with Gasteiger partial charge in [-0.2, -0.15) is 0 Å². The lowest BCUT2D eigenvalue weighted by atomic mass is 10.2. The van der Waals surface area contributed by atoms with Crippen molar-refractivity contribution in [1.29, 1.82) is 0 Å². The van der Waals surface area contributed by atoms with E-state index >= 15 is 0 Å². The number of hydrogen-bond donors (Lipinski definition) is 1. The molecule has 2 aromatic rings. The molecule has 0 aliphatic rings. The van der Waals surface area contributed by atoms with Crippen LogP contribution >= 0.6 is 0 Å². The number of carbonyl (C=O) groups excluding carboxylic acids is 2. The second-order valence-corrected chi connectivity index (χ2v) is 6.07. The number of rotatable bonds is 10. The fourth-order valence-corrected chi connectivity index (χ4v) is 2.50. The average Bonchev–Trinajstić information content (AvgIpc) is 2.77. The largest absolute Gasteiger partial charge is 0.493 e. The van der Waals surface area contributed by atoms with E-state index in [-0.39, 0.29) is 5.56 Å². The minimum absolute atomic E-state index is 0.226. The molecule has 2 rings (SSSR count). The van der Waals surface area contributed by atoms with Gasteiger partial charge in [0.2, 0.25) is 0 Å². The maximum Gasteiger partial charge on any atom is 0.339 e. The predicted molar refractivity (Wildman–Crippen MR) is 112 cm³/mol. The zero-order chi connectivity index (χ0) is 22.1. The van der Waals surface area contributed by atoms with Gasteiger partial charge in [0, 0.05) is 11.8 Å². The number of nitrogens with one attached hydrogen (secondary N) is 1. The number of esters is 1. The van der Waals surface area contributed by atoms with Gasteiger partial charge in [-0.05, 0) is 37.3 Å². The summed E-state index contributed by atoms with van der Waals surface area (Å²) in [6.07, 6.45) is 0.564. The minimum Gasteiger partial charge on any atom is -0.493 e. The lowest BCUT2D eigenvalue weighted by molar-refractivity contribution is -0.123. The molecular weight excluding hydrogens is 390 g/mol. The van der Waals surface area contributed by atoms with Crippen molar-refractivity contribution < 1.29 is 33.3 Å². The molecule has 1 atom stereocenters. The van der Waals surface area contributed by atoms with E-state index in [9.17, 15) is 9.59 Å². The molecule has 0 bridgehead atoms. The van der Waals surface area contributed by atoms with Crippen molar-refractivity contribution in [3.8, 4) is 23.0 Å². The first-order valence-corrected chi connectivity index (χ1v) is 9.09. The zero-order valence-electron chi connectivity index (χ0n) is 17.4. The summed E-state index contributed by atoms with van der Waals surface area (Å²) in [6, 6.07) is 9.53.